The van der Waals surface area contributed by atoms with Crippen molar-refractivity contribution in [1.82, 2.24) is 15.0 Å². The Morgan fingerprint density at radius 3 is 2.30 bits per heavy atom. The van der Waals surface area contributed by atoms with E-state index in [0.717, 1.165) is 25.3 Å². The smallest absolute Gasteiger partial charge is 0.240 e. The lowest BCUT2D eigenvalue weighted by molar-refractivity contribution is 0.158. The maximum Gasteiger partial charge on any atom is 0.240 e. The second-order valence-electron chi connectivity index (χ2n) is 7.34. The molecule has 0 aromatic carbocycles. The Kier molecular flexibility index (Phi) is 5.71. The first kappa shape index (κ1) is 17.1. The Bertz CT molecular complexity index is 406. The Labute approximate surface area is 122 Å². The first-order valence-electron chi connectivity index (χ1n) is 7.43. The van der Waals surface area contributed by atoms with E-state index in [-0.39, 0.29) is 10.8 Å². The zero-order chi connectivity index (χ0) is 15.4. The van der Waals surface area contributed by atoms with Crippen molar-refractivity contribution < 1.29 is 4.52 Å². The number of hydrogen-bond donors (Lipinski definition) is 1. The predicted molar refractivity (Wildman–Crippen MR) is 81.4 cm³/mol. The van der Waals surface area contributed by atoms with E-state index in [1.54, 1.807) is 0 Å². The summed E-state index contributed by atoms with van der Waals surface area (Å²) < 4.78 is 5.38. The first-order valence-corrected chi connectivity index (χ1v) is 7.43. The first-order chi connectivity index (χ1) is 9.18. The van der Waals surface area contributed by atoms with Gasteiger partial charge in [0.05, 0.1) is 6.54 Å². The molecular formula is C15H30N4O. The van der Waals surface area contributed by atoms with E-state index in [1.807, 2.05) is 0 Å². The molecule has 5 nitrogen and oxygen atoms in total. The molecule has 1 heterocycles. The lowest BCUT2D eigenvalue weighted by Gasteiger charge is -2.30. The molecule has 0 saturated carbocycles. The zero-order valence-corrected chi connectivity index (χ0v) is 13.9. The minimum Gasteiger partial charge on any atom is -0.338 e. The van der Waals surface area contributed by atoms with Crippen molar-refractivity contribution >= 4 is 0 Å². The van der Waals surface area contributed by atoms with Crippen molar-refractivity contribution in [3.63, 3.8) is 0 Å². The molecule has 0 amide bonds. The van der Waals surface area contributed by atoms with E-state index in [1.165, 1.54) is 0 Å². The normalized spacial score (nSPS) is 13.2. The third kappa shape index (κ3) is 5.21. The maximum absolute atomic E-state index is 5.83. The fraction of sp³-hybridized carbons (Fsp3) is 0.867. The fourth-order valence-corrected chi connectivity index (χ4v) is 2.02. The lowest BCUT2D eigenvalue weighted by atomic mass is 9.93. The molecule has 1 rings (SSSR count). The molecule has 0 atom stereocenters. The zero-order valence-electron chi connectivity index (χ0n) is 13.9. The summed E-state index contributed by atoms with van der Waals surface area (Å²) in [6.45, 7) is 16.1. The fourth-order valence-electron chi connectivity index (χ4n) is 2.02. The molecule has 1 aromatic rings. The highest BCUT2D eigenvalue weighted by Gasteiger charge is 2.24. The van der Waals surface area contributed by atoms with Crippen molar-refractivity contribution in [3.05, 3.63) is 11.7 Å². The van der Waals surface area contributed by atoms with Crippen molar-refractivity contribution in [2.45, 2.75) is 59.9 Å². The monoisotopic (exact) mass is 282 g/mol. The average Bonchev–Trinajstić information content (AvgIpc) is 2.77. The van der Waals surface area contributed by atoms with Crippen LogP contribution in [0.4, 0.5) is 0 Å². The molecule has 1 aromatic heterocycles. The van der Waals surface area contributed by atoms with Crippen molar-refractivity contribution in [2.75, 3.05) is 19.6 Å². The van der Waals surface area contributed by atoms with E-state index in [4.69, 9.17) is 10.3 Å². The molecule has 116 valence electrons. The maximum atomic E-state index is 5.83. The molecule has 0 saturated heterocycles. The number of rotatable bonds is 7. The third-order valence-corrected chi connectivity index (χ3v) is 3.24. The van der Waals surface area contributed by atoms with Crippen LogP contribution in [0.15, 0.2) is 4.52 Å². The van der Waals surface area contributed by atoms with Crippen LogP contribution in [0.2, 0.25) is 0 Å². The summed E-state index contributed by atoms with van der Waals surface area (Å²) in [7, 11) is 0. The van der Waals surface area contributed by atoms with Crippen LogP contribution >= 0.6 is 0 Å². The number of aromatic nitrogens is 2. The van der Waals surface area contributed by atoms with Crippen molar-refractivity contribution in [1.29, 1.82) is 0 Å². The molecule has 0 unspecified atom stereocenters. The molecule has 5 heteroatoms. The van der Waals surface area contributed by atoms with Gasteiger partial charge in [0, 0.05) is 12.0 Å². The van der Waals surface area contributed by atoms with Gasteiger partial charge in [0.2, 0.25) is 5.89 Å². The number of nitrogens with two attached hydrogens (primary N) is 1. The van der Waals surface area contributed by atoms with Gasteiger partial charge < -0.3 is 10.3 Å². The van der Waals surface area contributed by atoms with Gasteiger partial charge in [-0.05, 0) is 24.9 Å². The van der Waals surface area contributed by atoms with Crippen LogP contribution in [0.3, 0.4) is 0 Å². The van der Waals surface area contributed by atoms with Crippen LogP contribution in [-0.4, -0.2) is 34.7 Å². The summed E-state index contributed by atoms with van der Waals surface area (Å²) in [6, 6.07) is 0. The van der Waals surface area contributed by atoms with Crippen LogP contribution in [0.25, 0.3) is 0 Å². The second kappa shape index (κ2) is 6.68. The third-order valence-electron chi connectivity index (χ3n) is 3.24. The summed E-state index contributed by atoms with van der Waals surface area (Å²) >= 11 is 0. The van der Waals surface area contributed by atoms with Gasteiger partial charge in [-0.25, -0.2) is 0 Å². The molecule has 0 aliphatic carbocycles. The Hall–Kier alpha value is -0.940. The molecule has 0 radical (unpaired) electrons. The minimum absolute atomic E-state index is 0.0755. The Balaban J connectivity index is 2.73. The van der Waals surface area contributed by atoms with Crippen LogP contribution in [-0.2, 0) is 12.0 Å². The summed E-state index contributed by atoms with van der Waals surface area (Å²) in [5.74, 6) is 1.46. The topological polar surface area (TPSA) is 68.2 Å². The molecule has 0 aliphatic rings. The van der Waals surface area contributed by atoms with Crippen LogP contribution in [0.5, 0.6) is 0 Å². The molecule has 0 bridgehead atoms. The number of nitrogens with zero attached hydrogens (tertiary/aromatic N) is 3. The van der Waals surface area contributed by atoms with E-state index in [0.29, 0.717) is 19.0 Å². The summed E-state index contributed by atoms with van der Waals surface area (Å²) in [6.07, 6.45) is 1.10. The predicted octanol–water partition coefficient (Wildman–Crippen LogP) is 2.56. The lowest BCUT2D eigenvalue weighted by Crippen LogP contribution is -2.38. The van der Waals surface area contributed by atoms with Gasteiger partial charge >= 0.3 is 0 Å². The SMILES string of the molecule is CCCN(Cc1nc(C(C)(C)C)no1)CC(C)(C)CN. The summed E-state index contributed by atoms with van der Waals surface area (Å²) in [5.41, 5.74) is 5.85. The molecule has 0 spiro atoms. The van der Waals surface area contributed by atoms with Crippen molar-refractivity contribution in [3.8, 4) is 0 Å². The Morgan fingerprint density at radius 1 is 1.20 bits per heavy atom. The van der Waals surface area contributed by atoms with E-state index < -0.39 is 0 Å². The molecule has 0 fully saturated rings. The average molecular weight is 282 g/mol. The molecular weight excluding hydrogens is 252 g/mol. The summed E-state index contributed by atoms with van der Waals surface area (Å²) in [4.78, 5) is 6.85. The van der Waals surface area contributed by atoms with Gasteiger partial charge in [-0.2, -0.15) is 4.98 Å². The van der Waals surface area contributed by atoms with Crippen molar-refractivity contribution in [2.24, 2.45) is 11.1 Å². The van der Waals surface area contributed by atoms with E-state index in [2.05, 4.69) is 56.6 Å². The van der Waals surface area contributed by atoms with Crippen LogP contribution in [0.1, 0.15) is 59.7 Å². The minimum atomic E-state index is -0.0755. The molecule has 2 N–H and O–H groups in total. The van der Waals surface area contributed by atoms with Gasteiger partial charge in [-0.1, -0.05) is 46.7 Å². The largest absolute Gasteiger partial charge is 0.338 e. The highest BCUT2D eigenvalue weighted by atomic mass is 16.5. The molecule has 20 heavy (non-hydrogen) atoms. The van der Waals surface area contributed by atoms with Gasteiger partial charge in [-0.3, -0.25) is 4.90 Å². The summed E-state index contributed by atoms with van der Waals surface area (Å²) in [5, 5.41) is 4.08. The van der Waals surface area contributed by atoms with Gasteiger partial charge in [0.25, 0.3) is 0 Å². The van der Waals surface area contributed by atoms with Gasteiger partial charge in [-0.15, -0.1) is 0 Å². The quantitative estimate of drug-likeness (QED) is 0.832. The van der Waals surface area contributed by atoms with Gasteiger partial charge in [0.15, 0.2) is 5.82 Å². The second-order valence-corrected chi connectivity index (χ2v) is 7.34. The van der Waals surface area contributed by atoms with Gasteiger partial charge in [0.1, 0.15) is 0 Å². The highest BCUT2D eigenvalue weighted by Crippen LogP contribution is 2.20. The standard InChI is InChI=1S/C15H30N4O/c1-7-8-19(11-15(5,6)10-16)9-12-17-13(18-20-12)14(2,3)4/h7-11,16H2,1-6H3. The van der Waals surface area contributed by atoms with E-state index in [9.17, 15) is 0 Å². The highest BCUT2D eigenvalue weighted by molar-refractivity contribution is 5.00. The van der Waals surface area contributed by atoms with Crippen LogP contribution in [0, 0.1) is 5.41 Å². The molecule has 0 aliphatic heterocycles. The van der Waals surface area contributed by atoms with Crippen LogP contribution < -0.4 is 5.73 Å². The Morgan fingerprint density at radius 2 is 1.85 bits per heavy atom. The van der Waals surface area contributed by atoms with E-state index >= 15 is 0 Å². The number of hydrogen-bond acceptors (Lipinski definition) is 5.